The lowest BCUT2D eigenvalue weighted by Gasteiger charge is -2.09. The van der Waals surface area contributed by atoms with Gasteiger partial charge in [0.25, 0.3) is 0 Å². The maximum absolute atomic E-state index is 11.9. The lowest BCUT2D eigenvalue weighted by atomic mass is 9.98. The Morgan fingerprint density at radius 2 is 2.07 bits per heavy atom. The van der Waals surface area contributed by atoms with E-state index in [4.69, 9.17) is 5.73 Å². The summed E-state index contributed by atoms with van der Waals surface area (Å²) < 4.78 is 0. The third kappa shape index (κ3) is 1.36. The van der Waals surface area contributed by atoms with E-state index in [-0.39, 0.29) is 11.7 Å². The molecule has 0 atom stereocenters. The molecule has 1 aromatic rings. The van der Waals surface area contributed by atoms with Gasteiger partial charge in [-0.15, -0.1) is 0 Å². The molecule has 0 amide bonds. The summed E-state index contributed by atoms with van der Waals surface area (Å²) in [6.07, 6.45) is 5.45. The van der Waals surface area contributed by atoms with Gasteiger partial charge in [0.2, 0.25) is 0 Å². The monoisotopic (exact) mass is 201 g/mol. The molecule has 3 rings (SSSR count). The largest absolute Gasteiger partial charge is 0.398 e. The van der Waals surface area contributed by atoms with Crippen LogP contribution in [0.15, 0.2) is 12.1 Å². The number of aryl methyl sites for hydroxylation is 1. The average molecular weight is 201 g/mol. The summed E-state index contributed by atoms with van der Waals surface area (Å²) in [5.41, 5.74) is 10.2. The summed E-state index contributed by atoms with van der Waals surface area (Å²) in [5.74, 6) is 0.536. The van der Waals surface area contributed by atoms with E-state index in [1.54, 1.807) is 0 Å². The molecule has 0 heterocycles. The molecule has 2 heteroatoms. The first kappa shape index (κ1) is 8.96. The minimum Gasteiger partial charge on any atom is -0.398 e. The van der Waals surface area contributed by atoms with Crippen molar-refractivity contribution in [3.05, 3.63) is 28.8 Å². The lowest BCUT2D eigenvalue weighted by Crippen LogP contribution is -2.08. The number of benzene rings is 1. The topological polar surface area (TPSA) is 43.1 Å². The summed E-state index contributed by atoms with van der Waals surface area (Å²) >= 11 is 0. The van der Waals surface area contributed by atoms with Crippen molar-refractivity contribution in [1.82, 2.24) is 0 Å². The lowest BCUT2D eigenvalue weighted by molar-refractivity contribution is 0.0968. The minimum atomic E-state index is 0.266. The number of carbonyl (C=O) groups is 1. The van der Waals surface area contributed by atoms with Gasteiger partial charge in [-0.2, -0.15) is 0 Å². The number of fused-ring (bicyclic) bond motifs is 1. The Balaban J connectivity index is 2.05. The Morgan fingerprint density at radius 3 is 2.80 bits per heavy atom. The number of nitrogen functional groups attached to an aromatic ring is 1. The maximum atomic E-state index is 11.9. The quantitative estimate of drug-likeness (QED) is 0.589. The maximum Gasteiger partial charge on any atom is 0.168 e. The first-order valence-electron chi connectivity index (χ1n) is 5.72. The van der Waals surface area contributed by atoms with Gasteiger partial charge >= 0.3 is 0 Å². The van der Waals surface area contributed by atoms with Gasteiger partial charge in [0.1, 0.15) is 0 Å². The Morgan fingerprint density at radius 1 is 1.27 bits per heavy atom. The molecule has 0 unspecified atom stereocenters. The summed E-state index contributed by atoms with van der Waals surface area (Å²) in [4.78, 5) is 11.9. The van der Waals surface area contributed by atoms with Crippen molar-refractivity contribution in [3.63, 3.8) is 0 Å². The van der Waals surface area contributed by atoms with Crippen LogP contribution in [0.25, 0.3) is 0 Å². The molecule has 2 aliphatic rings. The second-order valence-corrected chi connectivity index (χ2v) is 4.66. The van der Waals surface area contributed by atoms with Crippen LogP contribution in [0.2, 0.25) is 0 Å². The zero-order chi connectivity index (χ0) is 10.4. The Kier molecular flexibility index (Phi) is 1.84. The van der Waals surface area contributed by atoms with Crippen LogP contribution in [-0.2, 0) is 12.8 Å². The highest BCUT2D eigenvalue weighted by atomic mass is 16.1. The number of anilines is 1. The van der Waals surface area contributed by atoms with Crippen molar-refractivity contribution in [2.45, 2.75) is 32.1 Å². The van der Waals surface area contributed by atoms with Gasteiger partial charge in [-0.05, 0) is 49.3 Å². The molecule has 0 saturated heterocycles. The summed E-state index contributed by atoms with van der Waals surface area (Å²) in [6, 6.07) is 4.02. The van der Waals surface area contributed by atoms with Gasteiger partial charge in [-0.25, -0.2) is 0 Å². The van der Waals surface area contributed by atoms with Crippen LogP contribution >= 0.6 is 0 Å². The molecule has 2 nitrogen and oxygen atoms in total. The molecule has 0 aromatic heterocycles. The highest BCUT2D eigenvalue weighted by Gasteiger charge is 2.32. The van der Waals surface area contributed by atoms with Gasteiger partial charge in [-0.3, -0.25) is 4.79 Å². The molecule has 0 bridgehead atoms. The van der Waals surface area contributed by atoms with Crippen LogP contribution in [0.5, 0.6) is 0 Å². The highest BCUT2D eigenvalue weighted by Crippen LogP contribution is 2.37. The van der Waals surface area contributed by atoms with E-state index in [2.05, 4.69) is 6.07 Å². The van der Waals surface area contributed by atoms with Crippen LogP contribution in [0.4, 0.5) is 5.69 Å². The van der Waals surface area contributed by atoms with Crippen LogP contribution in [0.3, 0.4) is 0 Å². The third-order valence-corrected chi connectivity index (χ3v) is 3.54. The molecule has 78 valence electrons. The molecule has 2 aliphatic carbocycles. The number of rotatable bonds is 2. The van der Waals surface area contributed by atoms with Gasteiger partial charge < -0.3 is 5.73 Å². The Labute approximate surface area is 89.5 Å². The van der Waals surface area contributed by atoms with E-state index in [9.17, 15) is 4.79 Å². The predicted octanol–water partition coefficient (Wildman–Crippen LogP) is 2.35. The van der Waals surface area contributed by atoms with E-state index < -0.39 is 0 Å². The normalized spacial score (nSPS) is 18.9. The van der Waals surface area contributed by atoms with Crippen molar-refractivity contribution < 1.29 is 4.79 Å². The number of nitrogens with two attached hydrogens (primary N) is 1. The zero-order valence-corrected chi connectivity index (χ0v) is 8.75. The predicted molar refractivity (Wildman–Crippen MR) is 59.9 cm³/mol. The third-order valence-electron chi connectivity index (χ3n) is 3.54. The average Bonchev–Trinajstić information content (AvgIpc) is 2.97. The summed E-state index contributed by atoms with van der Waals surface area (Å²) in [6.45, 7) is 0. The fourth-order valence-corrected chi connectivity index (χ4v) is 2.48. The fraction of sp³-hybridized carbons (Fsp3) is 0.462. The molecule has 0 spiro atoms. The molecule has 0 aliphatic heterocycles. The van der Waals surface area contributed by atoms with Gasteiger partial charge in [0.15, 0.2) is 5.78 Å². The molecule has 0 radical (unpaired) electrons. The van der Waals surface area contributed by atoms with E-state index in [1.165, 1.54) is 17.5 Å². The van der Waals surface area contributed by atoms with Crippen LogP contribution in [0.1, 0.15) is 40.7 Å². The first-order valence-corrected chi connectivity index (χ1v) is 5.72. The molecule has 2 N–H and O–H groups in total. The molecular weight excluding hydrogens is 186 g/mol. The smallest absolute Gasteiger partial charge is 0.168 e. The van der Waals surface area contributed by atoms with Crippen molar-refractivity contribution >= 4 is 11.5 Å². The van der Waals surface area contributed by atoms with E-state index >= 15 is 0 Å². The Hall–Kier alpha value is -1.31. The SMILES string of the molecule is Nc1c(C(=O)C2CC2)ccc2c1CCC2. The second-order valence-electron chi connectivity index (χ2n) is 4.66. The van der Waals surface area contributed by atoms with E-state index in [1.807, 2.05) is 6.07 Å². The van der Waals surface area contributed by atoms with Crippen molar-refractivity contribution in [3.8, 4) is 0 Å². The van der Waals surface area contributed by atoms with Crippen molar-refractivity contribution in [1.29, 1.82) is 0 Å². The Bertz CT molecular complexity index is 432. The summed E-state index contributed by atoms with van der Waals surface area (Å²) in [5, 5.41) is 0. The van der Waals surface area contributed by atoms with Crippen molar-refractivity contribution in [2.24, 2.45) is 5.92 Å². The number of hydrogen-bond acceptors (Lipinski definition) is 2. The van der Waals surface area contributed by atoms with Gasteiger partial charge in [0.05, 0.1) is 0 Å². The van der Waals surface area contributed by atoms with Crippen LogP contribution < -0.4 is 5.73 Å². The fourth-order valence-electron chi connectivity index (χ4n) is 2.48. The summed E-state index contributed by atoms with van der Waals surface area (Å²) in [7, 11) is 0. The van der Waals surface area contributed by atoms with Gasteiger partial charge in [-0.1, -0.05) is 6.07 Å². The molecule has 15 heavy (non-hydrogen) atoms. The van der Waals surface area contributed by atoms with Gasteiger partial charge in [0, 0.05) is 17.2 Å². The molecule has 1 aromatic carbocycles. The van der Waals surface area contributed by atoms with Crippen molar-refractivity contribution in [2.75, 3.05) is 5.73 Å². The standard InChI is InChI=1S/C13H15NO/c14-12-10-3-1-2-8(10)6-7-11(12)13(15)9-4-5-9/h6-7,9H,1-5,14H2. The first-order chi connectivity index (χ1) is 7.27. The number of carbonyl (C=O) groups excluding carboxylic acids is 1. The highest BCUT2D eigenvalue weighted by molar-refractivity contribution is 6.04. The van der Waals surface area contributed by atoms with Crippen LogP contribution in [0, 0.1) is 5.92 Å². The second kappa shape index (κ2) is 3.09. The number of hydrogen-bond donors (Lipinski definition) is 1. The zero-order valence-electron chi connectivity index (χ0n) is 8.75. The molecular formula is C13H15NO. The minimum absolute atomic E-state index is 0.266. The molecule has 1 fully saturated rings. The number of Topliss-reactive ketones (excluding diaryl/α,β-unsaturated/α-hetero) is 1. The van der Waals surface area contributed by atoms with Crippen LogP contribution in [-0.4, -0.2) is 5.78 Å². The molecule has 1 saturated carbocycles. The van der Waals surface area contributed by atoms with E-state index in [0.29, 0.717) is 0 Å². The number of ketones is 1. The van der Waals surface area contributed by atoms with E-state index in [0.717, 1.165) is 36.9 Å².